The summed E-state index contributed by atoms with van der Waals surface area (Å²) in [6, 6.07) is 18.7. The van der Waals surface area contributed by atoms with Crippen molar-refractivity contribution in [1.82, 2.24) is 9.97 Å². The SMILES string of the molecule is O=C(N=C1c2ccccc2CN1c1ncccn1)c1ccccc1. The largest absolute Gasteiger partial charge is 0.290 e. The quantitative estimate of drug-likeness (QED) is 0.729. The third kappa shape index (κ3) is 2.56. The number of carbonyl (C=O) groups excluding carboxylic acids is 1. The maximum atomic E-state index is 12.5. The first-order chi connectivity index (χ1) is 11.8. The van der Waals surface area contributed by atoms with Crippen LogP contribution in [0.3, 0.4) is 0 Å². The minimum atomic E-state index is -0.275. The molecule has 2 aromatic carbocycles. The lowest BCUT2D eigenvalue weighted by Gasteiger charge is -2.16. The minimum absolute atomic E-state index is 0.275. The Kier molecular flexibility index (Phi) is 3.59. The monoisotopic (exact) mass is 314 g/mol. The number of benzene rings is 2. The highest BCUT2D eigenvalue weighted by Crippen LogP contribution is 2.26. The molecule has 0 N–H and O–H groups in total. The van der Waals surface area contributed by atoms with Crippen molar-refractivity contribution < 1.29 is 4.79 Å². The molecule has 0 saturated carbocycles. The molecule has 5 heteroatoms. The fraction of sp³-hybridized carbons (Fsp3) is 0.0526. The number of rotatable bonds is 2. The molecule has 1 aliphatic heterocycles. The van der Waals surface area contributed by atoms with E-state index in [9.17, 15) is 4.79 Å². The van der Waals surface area contributed by atoms with E-state index in [1.54, 1.807) is 30.6 Å². The Bertz CT molecular complexity index is 907. The Morgan fingerprint density at radius 2 is 1.62 bits per heavy atom. The molecule has 0 unspecified atom stereocenters. The van der Waals surface area contributed by atoms with E-state index in [0.717, 1.165) is 11.1 Å². The van der Waals surface area contributed by atoms with Crippen LogP contribution in [0.1, 0.15) is 21.5 Å². The van der Waals surface area contributed by atoms with Gasteiger partial charge in [0.1, 0.15) is 5.84 Å². The molecule has 0 saturated heterocycles. The second-order valence-corrected chi connectivity index (χ2v) is 5.40. The highest BCUT2D eigenvalue weighted by atomic mass is 16.1. The number of hydrogen-bond donors (Lipinski definition) is 0. The Labute approximate surface area is 139 Å². The molecule has 0 fully saturated rings. The van der Waals surface area contributed by atoms with Crippen molar-refractivity contribution in [2.45, 2.75) is 6.54 Å². The van der Waals surface area contributed by atoms with Gasteiger partial charge in [-0.25, -0.2) is 9.97 Å². The maximum Gasteiger partial charge on any atom is 0.278 e. The summed E-state index contributed by atoms with van der Waals surface area (Å²) in [7, 11) is 0. The van der Waals surface area contributed by atoms with Crippen molar-refractivity contribution >= 4 is 17.7 Å². The first kappa shape index (κ1) is 14.3. The van der Waals surface area contributed by atoms with Crippen LogP contribution in [0.4, 0.5) is 5.95 Å². The van der Waals surface area contributed by atoms with E-state index >= 15 is 0 Å². The van der Waals surface area contributed by atoms with Crippen molar-refractivity contribution in [2.24, 2.45) is 4.99 Å². The van der Waals surface area contributed by atoms with Gasteiger partial charge in [0.15, 0.2) is 0 Å². The number of fused-ring (bicyclic) bond motifs is 1. The fourth-order valence-corrected chi connectivity index (χ4v) is 2.73. The zero-order valence-corrected chi connectivity index (χ0v) is 12.8. The Balaban J connectivity index is 1.79. The summed E-state index contributed by atoms with van der Waals surface area (Å²) in [5.41, 5.74) is 2.60. The molecule has 5 nitrogen and oxygen atoms in total. The predicted molar refractivity (Wildman–Crippen MR) is 92.0 cm³/mol. The van der Waals surface area contributed by atoms with Crippen molar-refractivity contribution in [3.63, 3.8) is 0 Å². The molecule has 2 heterocycles. The summed E-state index contributed by atoms with van der Waals surface area (Å²) in [5, 5.41) is 0. The second-order valence-electron chi connectivity index (χ2n) is 5.40. The van der Waals surface area contributed by atoms with Gasteiger partial charge in [-0.3, -0.25) is 9.69 Å². The molecule has 4 rings (SSSR count). The van der Waals surface area contributed by atoms with Crippen LogP contribution in [0, 0.1) is 0 Å². The number of carbonyl (C=O) groups is 1. The van der Waals surface area contributed by atoms with E-state index in [4.69, 9.17) is 0 Å². The van der Waals surface area contributed by atoms with Gasteiger partial charge in [-0.2, -0.15) is 4.99 Å². The molecule has 1 aliphatic rings. The Morgan fingerprint density at radius 3 is 2.42 bits per heavy atom. The molecule has 116 valence electrons. The van der Waals surface area contributed by atoms with Crippen molar-refractivity contribution in [3.05, 3.63) is 89.7 Å². The fourth-order valence-electron chi connectivity index (χ4n) is 2.73. The maximum absolute atomic E-state index is 12.5. The third-order valence-corrected chi connectivity index (χ3v) is 3.86. The molecule has 0 aliphatic carbocycles. The first-order valence-corrected chi connectivity index (χ1v) is 7.64. The topological polar surface area (TPSA) is 58.5 Å². The number of anilines is 1. The van der Waals surface area contributed by atoms with Crippen molar-refractivity contribution in [1.29, 1.82) is 0 Å². The molecule has 0 atom stereocenters. The van der Waals surface area contributed by atoms with Crippen molar-refractivity contribution in [2.75, 3.05) is 4.90 Å². The van der Waals surface area contributed by atoms with E-state index in [0.29, 0.717) is 23.9 Å². The summed E-state index contributed by atoms with van der Waals surface area (Å²) in [5.74, 6) is 0.849. The molecule has 24 heavy (non-hydrogen) atoms. The van der Waals surface area contributed by atoms with Crippen LogP contribution in [0.25, 0.3) is 0 Å². The van der Waals surface area contributed by atoms with E-state index in [2.05, 4.69) is 15.0 Å². The van der Waals surface area contributed by atoms with E-state index in [-0.39, 0.29) is 5.91 Å². The molecule has 0 radical (unpaired) electrons. The number of hydrogen-bond acceptors (Lipinski definition) is 3. The van der Waals surface area contributed by atoms with Gasteiger partial charge in [-0.05, 0) is 23.8 Å². The summed E-state index contributed by atoms with van der Waals surface area (Å²) < 4.78 is 0. The van der Waals surface area contributed by atoms with Gasteiger partial charge in [0.25, 0.3) is 5.91 Å². The van der Waals surface area contributed by atoms with E-state index < -0.39 is 0 Å². The highest BCUT2D eigenvalue weighted by molar-refractivity contribution is 6.18. The van der Waals surface area contributed by atoms with E-state index in [1.807, 2.05) is 47.4 Å². The average Bonchev–Trinajstić information content (AvgIpc) is 3.02. The molecular formula is C19H14N4O. The van der Waals surface area contributed by atoms with Crippen LogP contribution in [-0.4, -0.2) is 21.7 Å². The Morgan fingerprint density at radius 1 is 0.917 bits per heavy atom. The predicted octanol–water partition coefficient (Wildman–Crippen LogP) is 3.08. The van der Waals surface area contributed by atoms with E-state index in [1.165, 1.54) is 0 Å². The van der Waals surface area contributed by atoms with Crippen LogP contribution in [0.2, 0.25) is 0 Å². The number of amides is 1. The molecular weight excluding hydrogens is 300 g/mol. The van der Waals surface area contributed by atoms with Crippen molar-refractivity contribution in [3.8, 4) is 0 Å². The number of aromatic nitrogens is 2. The number of amidine groups is 1. The summed E-state index contributed by atoms with van der Waals surface area (Å²) in [4.78, 5) is 27.4. The molecule has 1 aromatic heterocycles. The van der Waals surface area contributed by atoms with Crippen LogP contribution >= 0.6 is 0 Å². The summed E-state index contributed by atoms with van der Waals surface area (Å²) in [6.45, 7) is 0.598. The van der Waals surface area contributed by atoms with Gasteiger partial charge < -0.3 is 0 Å². The molecule has 3 aromatic rings. The molecule has 0 spiro atoms. The van der Waals surface area contributed by atoms with Crippen LogP contribution in [0.5, 0.6) is 0 Å². The van der Waals surface area contributed by atoms with Gasteiger partial charge in [0, 0.05) is 23.5 Å². The summed E-state index contributed by atoms with van der Waals surface area (Å²) >= 11 is 0. The lowest BCUT2D eigenvalue weighted by Crippen LogP contribution is -2.27. The normalized spacial score (nSPS) is 14.7. The minimum Gasteiger partial charge on any atom is -0.290 e. The van der Waals surface area contributed by atoms with Gasteiger partial charge in [0.2, 0.25) is 5.95 Å². The van der Waals surface area contributed by atoms with Gasteiger partial charge in [-0.1, -0.05) is 42.5 Å². The first-order valence-electron chi connectivity index (χ1n) is 7.64. The zero-order valence-electron chi connectivity index (χ0n) is 12.8. The number of nitrogens with zero attached hydrogens (tertiary/aromatic N) is 4. The average molecular weight is 314 g/mol. The second kappa shape index (κ2) is 6.04. The van der Waals surface area contributed by atoms with Crippen LogP contribution < -0.4 is 4.90 Å². The van der Waals surface area contributed by atoms with Crippen LogP contribution in [0.15, 0.2) is 78.0 Å². The highest BCUT2D eigenvalue weighted by Gasteiger charge is 2.28. The third-order valence-electron chi connectivity index (χ3n) is 3.86. The smallest absolute Gasteiger partial charge is 0.278 e. The Hall–Kier alpha value is -3.34. The lowest BCUT2D eigenvalue weighted by atomic mass is 10.1. The standard InChI is InChI=1S/C19H14N4O/c24-18(14-7-2-1-3-8-14)22-17-16-10-5-4-9-15(16)13-23(17)19-20-11-6-12-21-19/h1-12H,13H2. The van der Waals surface area contributed by atoms with Gasteiger partial charge >= 0.3 is 0 Å². The zero-order chi connectivity index (χ0) is 16.4. The molecule has 1 amide bonds. The number of aliphatic imine (C=N–C) groups is 1. The molecule has 0 bridgehead atoms. The van der Waals surface area contributed by atoms with Gasteiger partial charge in [-0.15, -0.1) is 0 Å². The lowest BCUT2D eigenvalue weighted by molar-refractivity contribution is 0.100. The van der Waals surface area contributed by atoms with Gasteiger partial charge in [0.05, 0.1) is 6.54 Å². The summed E-state index contributed by atoms with van der Waals surface area (Å²) in [6.07, 6.45) is 3.36. The van der Waals surface area contributed by atoms with Crippen LogP contribution in [-0.2, 0) is 6.54 Å².